The topological polar surface area (TPSA) is 41.6 Å². The van der Waals surface area contributed by atoms with Crippen LogP contribution in [0.25, 0.3) is 0 Å². The van der Waals surface area contributed by atoms with Crippen LogP contribution < -0.4 is 10.1 Å². The summed E-state index contributed by atoms with van der Waals surface area (Å²) < 4.78 is 5.74. The molecule has 1 aliphatic heterocycles. The predicted molar refractivity (Wildman–Crippen MR) is 91.8 cm³/mol. The van der Waals surface area contributed by atoms with Crippen LogP contribution >= 0.6 is 12.4 Å². The summed E-state index contributed by atoms with van der Waals surface area (Å²) in [5.41, 5.74) is 1.13. The summed E-state index contributed by atoms with van der Waals surface area (Å²) in [5.74, 6) is 1.15. The molecule has 2 unspecified atom stereocenters. The number of carbonyl (C=O) groups is 1. The number of rotatable bonds is 5. The monoisotopic (exact) mass is 326 g/mol. The molecule has 0 spiro atoms. The van der Waals surface area contributed by atoms with Crippen LogP contribution in [0.1, 0.15) is 32.3 Å². The zero-order valence-electron chi connectivity index (χ0n) is 13.7. The Morgan fingerprint density at radius 1 is 1.36 bits per heavy atom. The Bertz CT molecular complexity index is 481. The lowest BCUT2D eigenvalue weighted by Crippen LogP contribution is -2.57. The zero-order valence-corrected chi connectivity index (χ0v) is 14.5. The van der Waals surface area contributed by atoms with Crippen LogP contribution in [-0.2, 0) is 4.79 Å². The summed E-state index contributed by atoms with van der Waals surface area (Å²) in [5, 5.41) is 3.39. The molecule has 0 aliphatic carbocycles. The Hall–Kier alpha value is -1.26. The van der Waals surface area contributed by atoms with E-state index in [9.17, 15) is 4.79 Å². The van der Waals surface area contributed by atoms with E-state index in [0.717, 1.165) is 30.8 Å². The lowest BCUT2D eigenvalue weighted by molar-refractivity contribution is -0.135. The highest BCUT2D eigenvalue weighted by Crippen LogP contribution is 2.17. The van der Waals surface area contributed by atoms with Crippen LogP contribution in [0.4, 0.5) is 0 Å². The van der Waals surface area contributed by atoms with Gasteiger partial charge in [0.2, 0.25) is 5.91 Å². The van der Waals surface area contributed by atoms with Gasteiger partial charge in [-0.1, -0.05) is 18.2 Å². The molecule has 1 heterocycles. The maximum atomic E-state index is 12.3. The molecule has 0 bridgehead atoms. The Labute approximate surface area is 139 Å². The van der Waals surface area contributed by atoms with E-state index in [1.807, 2.05) is 36.1 Å². The fraction of sp³-hybridized carbons (Fsp3) is 0.588. The van der Waals surface area contributed by atoms with Gasteiger partial charge in [-0.3, -0.25) is 4.79 Å². The highest BCUT2D eigenvalue weighted by Gasteiger charge is 2.27. The van der Waals surface area contributed by atoms with Crippen molar-refractivity contribution in [3.8, 4) is 5.75 Å². The number of para-hydroxylation sites is 1. The molecule has 1 saturated heterocycles. The lowest BCUT2D eigenvalue weighted by Gasteiger charge is -2.38. The van der Waals surface area contributed by atoms with Crippen LogP contribution in [0.15, 0.2) is 24.3 Å². The fourth-order valence-corrected chi connectivity index (χ4v) is 2.68. The first-order chi connectivity index (χ1) is 10.1. The maximum absolute atomic E-state index is 12.3. The molecule has 0 saturated carbocycles. The number of amides is 1. The summed E-state index contributed by atoms with van der Waals surface area (Å²) in [6.07, 6.45) is 1.32. The van der Waals surface area contributed by atoms with Gasteiger partial charge in [-0.15, -0.1) is 12.4 Å². The summed E-state index contributed by atoms with van der Waals surface area (Å²) in [4.78, 5) is 14.3. The van der Waals surface area contributed by atoms with Gasteiger partial charge in [-0.25, -0.2) is 0 Å². The average molecular weight is 327 g/mol. The molecule has 1 aromatic rings. The Morgan fingerprint density at radius 2 is 2.09 bits per heavy atom. The van der Waals surface area contributed by atoms with Crippen LogP contribution in [0.5, 0.6) is 5.75 Å². The molecule has 0 radical (unpaired) electrons. The number of hydrogen-bond acceptors (Lipinski definition) is 3. The van der Waals surface area contributed by atoms with E-state index in [-0.39, 0.29) is 24.4 Å². The standard InChI is InChI=1S/C17H26N2O2.ClH/c1-13-7-4-5-8-16(13)21-12-6-9-17(20)19-11-10-18-14(2)15(19)3;/h4-5,7-8,14-15,18H,6,9-12H2,1-3H3;1H. The van der Waals surface area contributed by atoms with Gasteiger partial charge in [-0.05, 0) is 38.8 Å². The van der Waals surface area contributed by atoms with E-state index < -0.39 is 0 Å². The first-order valence-corrected chi connectivity index (χ1v) is 7.81. The van der Waals surface area contributed by atoms with Gasteiger partial charge in [0.25, 0.3) is 0 Å². The van der Waals surface area contributed by atoms with Crippen molar-refractivity contribution in [3.63, 3.8) is 0 Å². The van der Waals surface area contributed by atoms with Crippen molar-refractivity contribution >= 4 is 18.3 Å². The predicted octanol–water partition coefficient (Wildman–Crippen LogP) is 2.78. The minimum atomic E-state index is 0. The lowest BCUT2D eigenvalue weighted by atomic mass is 10.1. The molecule has 1 aliphatic rings. The molecular weight excluding hydrogens is 300 g/mol. The van der Waals surface area contributed by atoms with Gasteiger partial charge in [0.05, 0.1) is 6.61 Å². The van der Waals surface area contributed by atoms with Crippen molar-refractivity contribution in [2.24, 2.45) is 0 Å². The van der Waals surface area contributed by atoms with Crippen LogP contribution in [0.3, 0.4) is 0 Å². The average Bonchev–Trinajstić information content (AvgIpc) is 2.48. The number of ether oxygens (including phenoxy) is 1. The summed E-state index contributed by atoms with van der Waals surface area (Å²) in [7, 11) is 0. The quantitative estimate of drug-likeness (QED) is 0.846. The van der Waals surface area contributed by atoms with Gasteiger partial charge in [0.1, 0.15) is 5.75 Å². The van der Waals surface area contributed by atoms with Gasteiger partial charge < -0.3 is 15.0 Å². The number of nitrogens with zero attached hydrogens (tertiary/aromatic N) is 1. The third kappa shape index (κ3) is 4.89. The molecule has 22 heavy (non-hydrogen) atoms. The van der Waals surface area contributed by atoms with Crippen molar-refractivity contribution in [1.82, 2.24) is 10.2 Å². The number of carbonyl (C=O) groups excluding carboxylic acids is 1. The zero-order chi connectivity index (χ0) is 15.2. The smallest absolute Gasteiger partial charge is 0.223 e. The normalized spacial score (nSPS) is 21.1. The van der Waals surface area contributed by atoms with Gasteiger partial charge in [0.15, 0.2) is 0 Å². The molecule has 2 atom stereocenters. The van der Waals surface area contributed by atoms with Crippen molar-refractivity contribution < 1.29 is 9.53 Å². The minimum Gasteiger partial charge on any atom is -0.493 e. The SMILES string of the molecule is Cc1ccccc1OCCCC(=O)N1CCNC(C)C1C.Cl. The summed E-state index contributed by atoms with van der Waals surface area (Å²) in [6.45, 7) is 8.56. The first-order valence-electron chi connectivity index (χ1n) is 7.81. The Morgan fingerprint density at radius 3 is 2.82 bits per heavy atom. The van der Waals surface area contributed by atoms with Gasteiger partial charge >= 0.3 is 0 Å². The molecule has 4 nitrogen and oxygen atoms in total. The van der Waals surface area contributed by atoms with Crippen molar-refractivity contribution in [1.29, 1.82) is 0 Å². The molecule has 0 aromatic heterocycles. The Balaban J connectivity index is 0.00000242. The largest absolute Gasteiger partial charge is 0.493 e. The molecular formula is C17H27ClN2O2. The van der Waals surface area contributed by atoms with Crippen molar-refractivity contribution in [2.75, 3.05) is 19.7 Å². The third-order valence-electron chi connectivity index (χ3n) is 4.24. The van der Waals surface area contributed by atoms with E-state index in [4.69, 9.17) is 4.74 Å². The van der Waals surface area contributed by atoms with Crippen molar-refractivity contribution in [3.05, 3.63) is 29.8 Å². The van der Waals surface area contributed by atoms with E-state index >= 15 is 0 Å². The number of nitrogens with one attached hydrogen (secondary N) is 1. The van der Waals surface area contributed by atoms with E-state index in [0.29, 0.717) is 19.1 Å². The first kappa shape index (κ1) is 18.8. The van der Waals surface area contributed by atoms with Gasteiger partial charge in [-0.2, -0.15) is 0 Å². The second-order valence-electron chi connectivity index (χ2n) is 5.79. The van der Waals surface area contributed by atoms with E-state index in [2.05, 4.69) is 19.2 Å². The van der Waals surface area contributed by atoms with Crippen LogP contribution in [0.2, 0.25) is 0 Å². The van der Waals surface area contributed by atoms with Gasteiger partial charge in [0, 0.05) is 31.6 Å². The van der Waals surface area contributed by atoms with E-state index in [1.54, 1.807) is 0 Å². The molecule has 1 amide bonds. The van der Waals surface area contributed by atoms with Crippen LogP contribution in [0, 0.1) is 6.92 Å². The second kappa shape index (κ2) is 9.01. The number of hydrogen-bond donors (Lipinski definition) is 1. The van der Waals surface area contributed by atoms with Crippen LogP contribution in [-0.4, -0.2) is 42.6 Å². The molecule has 1 fully saturated rings. The third-order valence-corrected chi connectivity index (χ3v) is 4.24. The minimum absolute atomic E-state index is 0. The van der Waals surface area contributed by atoms with Crippen molar-refractivity contribution in [2.45, 2.75) is 45.7 Å². The molecule has 5 heteroatoms. The number of benzene rings is 1. The molecule has 2 rings (SSSR count). The number of aryl methyl sites for hydroxylation is 1. The molecule has 1 N–H and O–H groups in total. The Kier molecular flexibility index (Phi) is 7.69. The second-order valence-corrected chi connectivity index (χ2v) is 5.79. The molecule has 124 valence electrons. The molecule has 1 aromatic carbocycles. The van der Waals surface area contributed by atoms with E-state index in [1.165, 1.54) is 0 Å². The fourth-order valence-electron chi connectivity index (χ4n) is 2.68. The summed E-state index contributed by atoms with van der Waals surface area (Å²) >= 11 is 0. The maximum Gasteiger partial charge on any atom is 0.223 e. The summed E-state index contributed by atoms with van der Waals surface area (Å²) in [6, 6.07) is 8.60. The highest BCUT2D eigenvalue weighted by atomic mass is 35.5. The number of piperazine rings is 1. The number of halogens is 1. The highest BCUT2D eigenvalue weighted by molar-refractivity contribution is 5.85.